The number of nitrogens with two attached hydrogens (primary N) is 1. The van der Waals surface area contributed by atoms with Crippen LogP contribution in [0.15, 0.2) is 72.9 Å². The summed E-state index contributed by atoms with van der Waals surface area (Å²) >= 11 is 0. The molecule has 18 heteroatoms. The van der Waals surface area contributed by atoms with Crippen molar-refractivity contribution in [3.8, 4) is 0 Å². The molecule has 3 heterocycles. The van der Waals surface area contributed by atoms with Gasteiger partial charge in [-0.05, 0) is 52.4 Å². The standard InChI is InChI=1S/C47H75NO17/c1-27-17-15-13-11-9-7-5-6-8-10-12-14-16-18-34(64-46-44(58)41(48)43(57)30(4)63-46)24-38-40(45(59)60)37(54)26-47(61,65-38)25-36(53)35(52)20-19-31(49)21-32(50)22-33(51)23-39(55)62-29(3)28(2)42(27)56/h5-6,8,10-18,27-38,40-44,46,49-54,56-58,61H,7,9,19-26,48H2,1-4H3,(H,59,60)/b6-5+,10-8+,13-11+,14-12+,17-15+,18-16+/t27-,28-,29-,30+,31?,32?,33?,34?,35?,36?,37?,38?,40?,41-,42+,43+,44-,46?,47+/m0/s1. The van der Waals surface area contributed by atoms with Gasteiger partial charge >= 0.3 is 11.9 Å². The second-order valence-electron chi connectivity index (χ2n) is 17.8. The number of allylic oxidation sites excluding steroid dienone is 10. The molecule has 370 valence electrons. The Bertz CT molecular complexity index is 1620. The Morgan fingerprint density at radius 3 is 1.94 bits per heavy atom. The molecular formula is C47H75NO17. The van der Waals surface area contributed by atoms with Gasteiger partial charge in [0.1, 0.15) is 18.1 Å². The highest BCUT2D eigenvalue weighted by molar-refractivity contribution is 5.71. The van der Waals surface area contributed by atoms with Crippen molar-refractivity contribution in [3.05, 3.63) is 72.9 Å². The van der Waals surface area contributed by atoms with E-state index in [1.807, 2.05) is 49.5 Å². The molecule has 0 aromatic rings. The number of carboxylic acid groups (broad SMARTS) is 1. The van der Waals surface area contributed by atoms with E-state index in [9.17, 15) is 65.8 Å². The van der Waals surface area contributed by atoms with E-state index >= 15 is 0 Å². The Balaban J connectivity index is 1.84. The number of carbonyl (C=O) groups is 2. The highest BCUT2D eigenvalue weighted by Gasteiger charge is 2.51. The van der Waals surface area contributed by atoms with E-state index in [1.165, 1.54) is 13.0 Å². The molecule has 0 saturated carbocycles. The zero-order valence-corrected chi connectivity index (χ0v) is 37.8. The summed E-state index contributed by atoms with van der Waals surface area (Å²) in [6.45, 7) is 6.78. The van der Waals surface area contributed by atoms with Gasteiger partial charge in [0.2, 0.25) is 0 Å². The van der Waals surface area contributed by atoms with Gasteiger partial charge in [0, 0.05) is 31.1 Å². The summed E-state index contributed by atoms with van der Waals surface area (Å²) in [6.07, 6.45) is 2.28. The molecule has 3 aliphatic heterocycles. The lowest BCUT2D eigenvalue weighted by atomic mass is 9.82. The molecule has 65 heavy (non-hydrogen) atoms. The van der Waals surface area contributed by atoms with Gasteiger partial charge in [-0.2, -0.15) is 0 Å². The minimum atomic E-state index is -2.35. The molecule has 19 atom stereocenters. The fourth-order valence-electron chi connectivity index (χ4n) is 8.11. The van der Waals surface area contributed by atoms with Crippen molar-refractivity contribution in [2.24, 2.45) is 23.5 Å². The number of fused-ring (bicyclic) bond motifs is 2. The van der Waals surface area contributed by atoms with Crippen LogP contribution in [0.3, 0.4) is 0 Å². The lowest BCUT2D eigenvalue weighted by Gasteiger charge is -2.45. The molecule has 13 N–H and O–H groups in total. The van der Waals surface area contributed by atoms with Gasteiger partial charge in [-0.1, -0.05) is 86.8 Å². The number of rotatable bonds is 3. The number of hydrogen-bond donors (Lipinski definition) is 12. The smallest absolute Gasteiger partial charge is 0.311 e. The van der Waals surface area contributed by atoms with Crippen molar-refractivity contribution in [2.45, 2.75) is 189 Å². The predicted molar refractivity (Wildman–Crippen MR) is 237 cm³/mol. The second kappa shape index (κ2) is 27.6. The number of aliphatic carboxylic acids is 1. The summed E-state index contributed by atoms with van der Waals surface area (Å²) in [6, 6.07) is -1.14. The van der Waals surface area contributed by atoms with Gasteiger partial charge in [0.05, 0.1) is 79.6 Å². The summed E-state index contributed by atoms with van der Waals surface area (Å²) in [5.41, 5.74) is 6.02. The molecule has 2 fully saturated rings. The molecule has 0 aromatic heterocycles. The number of cyclic esters (lactones) is 1. The fraction of sp³-hybridized carbons (Fsp3) is 0.702. The number of hydrogen-bond acceptors (Lipinski definition) is 17. The van der Waals surface area contributed by atoms with Crippen LogP contribution >= 0.6 is 0 Å². The third kappa shape index (κ3) is 18.8. The van der Waals surface area contributed by atoms with Gasteiger partial charge in [0.15, 0.2) is 12.1 Å². The molecule has 0 amide bonds. The van der Waals surface area contributed by atoms with Crippen molar-refractivity contribution in [1.82, 2.24) is 0 Å². The summed E-state index contributed by atoms with van der Waals surface area (Å²) in [5.74, 6) is -6.82. The average molecular weight is 926 g/mol. The third-order valence-electron chi connectivity index (χ3n) is 12.2. The number of aliphatic hydroxyl groups excluding tert-OH is 9. The van der Waals surface area contributed by atoms with Gasteiger partial charge in [-0.15, -0.1) is 0 Å². The summed E-state index contributed by atoms with van der Waals surface area (Å²) in [7, 11) is 0. The minimum Gasteiger partial charge on any atom is -0.481 e. The van der Waals surface area contributed by atoms with Crippen LogP contribution in [0.5, 0.6) is 0 Å². The lowest BCUT2D eigenvalue weighted by Crippen LogP contribution is -2.61. The Morgan fingerprint density at radius 2 is 1.28 bits per heavy atom. The van der Waals surface area contributed by atoms with E-state index in [2.05, 4.69) is 0 Å². The molecular weight excluding hydrogens is 851 g/mol. The highest BCUT2D eigenvalue weighted by atomic mass is 16.7. The quantitative estimate of drug-likeness (QED) is 0.175. The van der Waals surface area contributed by atoms with Crippen LogP contribution in [0.2, 0.25) is 0 Å². The number of carbonyl (C=O) groups excluding carboxylic acids is 1. The van der Waals surface area contributed by atoms with Gasteiger partial charge < -0.3 is 80.9 Å². The van der Waals surface area contributed by atoms with Crippen molar-refractivity contribution in [1.29, 1.82) is 0 Å². The van der Waals surface area contributed by atoms with E-state index in [1.54, 1.807) is 38.2 Å². The molecule has 2 bridgehead atoms. The van der Waals surface area contributed by atoms with Crippen LogP contribution in [0.25, 0.3) is 0 Å². The molecule has 10 unspecified atom stereocenters. The third-order valence-corrected chi connectivity index (χ3v) is 12.2. The zero-order chi connectivity index (χ0) is 48.4. The van der Waals surface area contributed by atoms with Crippen molar-refractivity contribution < 1.29 is 84.7 Å². The first-order valence-electron chi connectivity index (χ1n) is 22.6. The molecule has 0 spiro atoms. The number of aliphatic hydroxyl groups is 10. The van der Waals surface area contributed by atoms with Crippen LogP contribution in [0.1, 0.15) is 91.9 Å². The predicted octanol–water partition coefficient (Wildman–Crippen LogP) is 0.936. The SMILES string of the molecule is C[C@@H]1[C@H](O)[C@@H](C)/C=C/C=C/CC/C=C/C=C/C=C/C=C/C(OC2O[C@H](C)[C@@H](O)[C@H](N)[C@@H]2O)CC2O[C@](O)(CC(O)C(O)CCC(O)CC(O)CC(O)CC(=O)O[C@H]1C)CC(O)C2C(=O)O. The maximum Gasteiger partial charge on any atom is 0.311 e. The Hall–Kier alpha value is -3.18. The number of carboxylic acids is 1. The minimum absolute atomic E-state index is 0.138. The van der Waals surface area contributed by atoms with Crippen LogP contribution in [0, 0.1) is 17.8 Å². The molecule has 18 nitrogen and oxygen atoms in total. The van der Waals surface area contributed by atoms with Gasteiger partial charge in [-0.25, -0.2) is 0 Å². The van der Waals surface area contributed by atoms with Crippen LogP contribution in [-0.2, 0) is 28.5 Å². The van der Waals surface area contributed by atoms with Gasteiger partial charge in [0.25, 0.3) is 0 Å². The lowest BCUT2D eigenvalue weighted by molar-refractivity contribution is -0.310. The first-order chi connectivity index (χ1) is 30.6. The van der Waals surface area contributed by atoms with Gasteiger partial charge in [-0.3, -0.25) is 9.59 Å². The topological polar surface area (TPSA) is 320 Å². The summed E-state index contributed by atoms with van der Waals surface area (Å²) in [5, 5.41) is 118. The molecule has 3 aliphatic rings. The molecule has 2 saturated heterocycles. The zero-order valence-electron chi connectivity index (χ0n) is 37.8. The van der Waals surface area contributed by atoms with E-state index in [0.29, 0.717) is 0 Å². The van der Waals surface area contributed by atoms with Crippen LogP contribution in [-0.4, -0.2) is 166 Å². The maximum absolute atomic E-state index is 12.6. The Labute approximate surface area is 381 Å². The molecule has 0 radical (unpaired) electrons. The number of ether oxygens (including phenoxy) is 4. The van der Waals surface area contributed by atoms with E-state index in [-0.39, 0.29) is 38.0 Å². The number of esters is 1. The second-order valence-corrected chi connectivity index (χ2v) is 17.8. The summed E-state index contributed by atoms with van der Waals surface area (Å²) in [4.78, 5) is 25.1. The first kappa shape index (κ1) is 56.1. The van der Waals surface area contributed by atoms with Crippen LogP contribution < -0.4 is 5.73 Å². The van der Waals surface area contributed by atoms with Crippen molar-refractivity contribution in [2.75, 3.05) is 0 Å². The average Bonchev–Trinajstić information content (AvgIpc) is 3.21. The fourth-order valence-corrected chi connectivity index (χ4v) is 8.11. The molecule has 0 aliphatic carbocycles. The van der Waals surface area contributed by atoms with Crippen LogP contribution in [0.4, 0.5) is 0 Å². The molecule has 0 aromatic carbocycles. The monoisotopic (exact) mass is 926 g/mol. The van der Waals surface area contributed by atoms with Crippen molar-refractivity contribution in [3.63, 3.8) is 0 Å². The van der Waals surface area contributed by atoms with E-state index in [0.717, 1.165) is 12.8 Å². The Morgan fingerprint density at radius 1 is 0.692 bits per heavy atom. The first-order valence-corrected chi connectivity index (χ1v) is 22.6. The Kier molecular flexibility index (Phi) is 23.8. The van der Waals surface area contributed by atoms with E-state index < -0.39 is 141 Å². The molecule has 3 rings (SSSR count). The highest BCUT2D eigenvalue weighted by Crippen LogP contribution is 2.38. The van der Waals surface area contributed by atoms with Crippen molar-refractivity contribution >= 4 is 11.9 Å². The normalized spacial score (nSPS) is 45.2. The maximum atomic E-state index is 12.6. The van der Waals surface area contributed by atoms with E-state index in [4.69, 9.17) is 24.7 Å². The summed E-state index contributed by atoms with van der Waals surface area (Å²) < 4.78 is 23.2. The largest absolute Gasteiger partial charge is 0.481 e.